The van der Waals surface area contributed by atoms with Crippen LogP contribution in [0, 0.1) is 0 Å². The highest BCUT2D eigenvalue weighted by Crippen LogP contribution is 2.57. The van der Waals surface area contributed by atoms with Gasteiger partial charge in [-0.15, -0.1) is 0 Å². The third-order valence-corrected chi connectivity index (χ3v) is 6.26. The number of anilines is 2. The van der Waals surface area contributed by atoms with E-state index in [1.807, 2.05) is 84.9 Å². The second-order valence-electron chi connectivity index (χ2n) is 8.06. The molecule has 4 aromatic rings. The Balaban J connectivity index is 1.62. The van der Waals surface area contributed by atoms with Crippen molar-refractivity contribution in [1.29, 1.82) is 0 Å². The van der Waals surface area contributed by atoms with Gasteiger partial charge in [0, 0.05) is 22.5 Å². The van der Waals surface area contributed by atoms with Gasteiger partial charge in [0.1, 0.15) is 11.5 Å². The number of hydrogen-bond donors (Lipinski definition) is 1. The van der Waals surface area contributed by atoms with Crippen LogP contribution in [0.3, 0.4) is 0 Å². The number of fused-ring (bicyclic) bond motifs is 6. The molecule has 4 heteroatoms. The van der Waals surface area contributed by atoms with Crippen LogP contribution in [-0.2, 0) is 16.8 Å². The molecule has 32 heavy (non-hydrogen) atoms. The number of rotatable bonds is 3. The molecule has 0 aliphatic carbocycles. The van der Waals surface area contributed by atoms with Crippen molar-refractivity contribution < 1.29 is 14.3 Å². The summed E-state index contributed by atoms with van der Waals surface area (Å²) in [4.78, 5) is 13.1. The summed E-state index contributed by atoms with van der Waals surface area (Å²) in [7, 11) is 0. The summed E-state index contributed by atoms with van der Waals surface area (Å²) in [6.45, 7) is 2.11. The van der Waals surface area contributed by atoms with Gasteiger partial charge in [-0.05, 0) is 54.4 Å². The predicted octanol–water partition coefficient (Wildman–Crippen LogP) is 6.56. The van der Waals surface area contributed by atoms with Gasteiger partial charge in [-0.25, -0.2) is 4.79 Å². The van der Waals surface area contributed by atoms with E-state index in [-0.39, 0.29) is 5.97 Å². The van der Waals surface area contributed by atoms with Crippen molar-refractivity contribution in [3.8, 4) is 11.5 Å². The first-order valence-electron chi connectivity index (χ1n) is 10.8. The number of benzene rings is 4. The molecule has 2 aliphatic rings. The van der Waals surface area contributed by atoms with Gasteiger partial charge in [0.2, 0.25) is 0 Å². The third kappa shape index (κ3) is 2.59. The number of carbonyl (C=O) groups is 1. The molecule has 1 unspecified atom stereocenters. The fraction of sp³-hybridized carbons (Fsp3) is 0.107. The van der Waals surface area contributed by atoms with Crippen molar-refractivity contribution in [2.45, 2.75) is 18.9 Å². The topological polar surface area (TPSA) is 47.6 Å². The fourth-order valence-corrected chi connectivity index (χ4v) is 4.87. The maximum atomic E-state index is 13.1. The maximum Gasteiger partial charge on any atom is 0.340 e. The molecule has 0 bridgehead atoms. The van der Waals surface area contributed by atoms with Crippen molar-refractivity contribution in [2.24, 2.45) is 0 Å². The van der Waals surface area contributed by atoms with Gasteiger partial charge in [-0.3, -0.25) is 0 Å². The van der Waals surface area contributed by atoms with E-state index in [0.717, 1.165) is 45.8 Å². The number of para-hydroxylation sites is 1. The van der Waals surface area contributed by atoms with E-state index >= 15 is 0 Å². The molecule has 2 heterocycles. The molecule has 156 valence electrons. The van der Waals surface area contributed by atoms with Gasteiger partial charge in [0.25, 0.3) is 0 Å². The Morgan fingerprint density at radius 3 is 2.44 bits per heavy atom. The smallest absolute Gasteiger partial charge is 0.340 e. The maximum absolute atomic E-state index is 13.1. The molecule has 0 fully saturated rings. The number of carbonyl (C=O) groups excluding carboxylic acids is 1. The Kier molecular flexibility index (Phi) is 4.08. The average Bonchev–Trinajstić information content (AvgIpc) is 3.13. The lowest BCUT2D eigenvalue weighted by atomic mass is 9.75. The summed E-state index contributed by atoms with van der Waals surface area (Å²) < 4.78 is 12.7. The molecule has 1 N–H and O–H groups in total. The first-order valence-corrected chi connectivity index (χ1v) is 10.8. The zero-order valence-electron chi connectivity index (χ0n) is 17.6. The zero-order valence-corrected chi connectivity index (χ0v) is 17.6. The monoisotopic (exact) mass is 419 g/mol. The van der Waals surface area contributed by atoms with Crippen LogP contribution >= 0.6 is 0 Å². The van der Waals surface area contributed by atoms with E-state index in [9.17, 15) is 4.79 Å². The van der Waals surface area contributed by atoms with Crippen LogP contribution in [-0.4, -0.2) is 5.97 Å². The van der Waals surface area contributed by atoms with E-state index in [1.165, 1.54) is 0 Å². The highest BCUT2D eigenvalue weighted by Gasteiger charge is 2.54. The second kappa shape index (κ2) is 6.99. The van der Waals surface area contributed by atoms with Gasteiger partial charge in [-0.1, -0.05) is 55.5 Å². The highest BCUT2D eigenvalue weighted by atomic mass is 16.6. The van der Waals surface area contributed by atoms with Gasteiger partial charge in [0.15, 0.2) is 5.60 Å². The molecule has 0 aromatic heterocycles. The number of ether oxygens (including phenoxy) is 2. The van der Waals surface area contributed by atoms with Gasteiger partial charge < -0.3 is 14.8 Å². The Morgan fingerprint density at radius 1 is 0.781 bits per heavy atom. The molecule has 1 spiro atoms. The van der Waals surface area contributed by atoms with Crippen LogP contribution < -0.4 is 10.1 Å². The second-order valence-corrected chi connectivity index (χ2v) is 8.06. The van der Waals surface area contributed by atoms with Gasteiger partial charge in [-0.2, -0.15) is 0 Å². The summed E-state index contributed by atoms with van der Waals surface area (Å²) >= 11 is 0. The summed E-state index contributed by atoms with van der Waals surface area (Å²) in [6, 6.07) is 29.6. The normalized spacial score (nSPS) is 17.7. The number of nitrogens with one attached hydrogen (secondary N) is 1. The van der Waals surface area contributed by atoms with Crippen LogP contribution in [0.15, 0.2) is 91.0 Å². The minimum atomic E-state index is -1.04. The quantitative estimate of drug-likeness (QED) is 0.382. The molecule has 1 atom stereocenters. The molecule has 2 aliphatic heterocycles. The van der Waals surface area contributed by atoms with E-state index in [2.05, 4.69) is 18.3 Å². The average molecular weight is 419 g/mol. The number of aryl methyl sites for hydroxylation is 1. The Labute approximate surface area is 186 Å². The Morgan fingerprint density at radius 2 is 1.59 bits per heavy atom. The lowest BCUT2D eigenvalue weighted by Gasteiger charge is -2.38. The van der Waals surface area contributed by atoms with Crippen molar-refractivity contribution in [1.82, 2.24) is 0 Å². The van der Waals surface area contributed by atoms with Crippen LogP contribution in [0.5, 0.6) is 11.5 Å². The van der Waals surface area contributed by atoms with E-state index in [0.29, 0.717) is 11.3 Å². The Bertz CT molecular complexity index is 1360. The highest BCUT2D eigenvalue weighted by molar-refractivity contribution is 5.97. The van der Waals surface area contributed by atoms with Crippen molar-refractivity contribution in [3.63, 3.8) is 0 Å². The van der Waals surface area contributed by atoms with E-state index in [1.54, 1.807) is 0 Å². The van der Waals surface area contributed by atoms with Crippen LogP contribution in [0.4, 0.5) is 11.4 Å². The van der Waals surface area contributed by atoms with E-state index in [4.69, 9.17) is 9.47 Å². The lowest BCUT2D eigenvalue weighted by molar-refractivity contribution is 0.0222. The summed E-state index contributed by atoms with van der Waals surface area (Å²) in [5.74, 6) is 1.10. The summed E-state index contributed by atoms with van der Waals surface area (Å²) in [5.41, 5.74) is 5.12. The standard InChI is InChI=1S/C28H21NO3/c1-2-18-9-8-14-25-26(18)28(22-13-7-6-12-21(22)27(30)32-28)23-17-20(15-16-24(23)31-25)29-19-10-4-3-5-11-19/h3-17,29H,2H2,1H3. The van der Waals surface area contributed by atoms with Crippen LogP contribution in [0.2, 0.25) is 0 Å². The van der Waals surface area contributed by atoms with E-state index < -0.39 is 5.60 Å². The predicted molar refractivity (Wildman–Crippen MR) is 124 cm³/mol. The minimum Gasteiger partial charge on any atom is -0.456 e. The minimum absolute atomic E-state index is 0.313. The number of hydrogen-bond acceptors (Lipinski definition) is 4. The largest absolute Gasteiger partial charge is 0.456 e. The molecule has 6 rings (SSSR count). The molecule has 0 saturated carbocycles. The van der Waals surface area contributed by atoms with Crippen LogP contribution in [0.25, 0.3) is 0 Å². The molecule has 4 nitrogen and oxygen atoms in total. The fourth-order valence-electron chi connectivity index (χ4n) is 4.87. The van der Waals surface area contributed by atoms with Crippen molar-refractivity contribution in [3.05, 3.63) is 119 Å². The molecule has 4 aromatic carbocycles. The molecular formula is C28H21NO3. The first-order chi connectivity index (χ1) is 15.7. The Hall–Kier alpha value is -4.05. The third-order valence-electron chi connectivity index (χ3n) is 6.26. The zero-order chi connectivity index (χ0) is 21.7. The molecule has 0 radical (unpaired) electrons. The molecule has 0 saturated heterocycles. The number of esters is 1. The van der Waals surface area contributed by atoms with Crippen molar-refractivity contribution in [2.75, 3.05) is 5.32 Å². The van der Waals surface area contributed by atoms with Gasteiger partial charge >= 0.3 is 5.97 Å². The molecule has 0 amide bonds. The molecular weight excluding hydrogens is 398 g/mol. The van der Waals surface area contributed by atoms with Gasteiger partial charge in [0.05, 0.1) is 11.1 Å². The SMILES string of the molecule is CCc1cccc2c1C1(OC(=O)c3ccccc31)c1cc(Nc3ccccc3)ccc1O2. The first kappa shape index (κ1) is 18.7. The lowest BCUT2D eigenvalue weighted by Crippen LogP contribution is -2.34. The summed E-state index contributed by atoms with van der Waals surface area (Å²) in [5, 5.41) is 3.45. The van der Waals surface area contributed by atoms with Crippen LogP contribution in [0.1, 0.15) is 39.5 Å². The van der Waals surface area contributed by atoms with Crippen molar-refractivity contribution >= 4 is 17.3 Å². The summed E-state index contributed by atoms with van der Waals surface area (Å²) in [6.07, 6.45) is 0.797.